The van der Waals surface area contributed by atoms with Crippen molar-refractivity contribution in [2.45, 2.75) is 6.61 Å². The van der Waals surface area contributed by atoms with Gasteiger partial charge in [-0.25, -0.2) is 9.78 Å². The van der Waals surface area contributed by atoms with Gasteiger partial charge in [0.15, 0.2) is 6.61 Å². The average molecular weight is 402 g/mol. The van der Waals surface area contributed by atoms with E-state index in [4.69, 9.17) is 9.26 Å². The summed E-state index contributed by atoms with van der Waals surface area (Å²) in [7, 11) is 0. The van der Waals surface area contributed by atoms with Crippen LogP contribution in [0.4, 0.5) is 5.69 Å². The zero-order valence-electron chi connectivity index (χ0n) is 15.5. The summed E-state index contributed by atoms with van der Waals surface area (Å²) >= 11 is 0. The number of nitro groups is 1. The highest BCUT2D eigenvalue weighted by molar-refractivity contribution is 5.87. The molecule has 0 aliphatic heterocycles. The molecule has 9 heteroatoms. The average Bonchev–Trinajstić information content (AvgIpc) is 3.25. The van der Waals surface area contributed by atoms with Crippen molar-refractivity contribution < 1.29 is 19.0 Å². The summed E-state index contributed by atoms with van der Waals surface area (Å²) in [6, 6.07) is 17.1. The molecule has 0 radical (unpaired) electrons. The fraction of sp³-hybridized carbons (Fsp3) is 0.0476. The summed E-state index contributed by atoms with van der Waals surface area (Å²) < 4.78 is 10.1. The number of nitro benzene ring substituents is 1. The summed E-state index contributed by atoms with van der Waals surface area (Å²) in [6.07, 6.45) is 2.83. The van der Waals surface area contributed by atoms with Crippen LogP contribution in [0, 0.1) is 10.1 Å². The minimum atomic E-state index is -0.583. The first-order valence-corrected chi connectivity index (χ1v) is 8.86. The third-order valence-corrected chi connectivity index (χ3v) is 4.15. The molecule has 0 bridgehead atoms. The summed E-state index contributed by atoms with van der Waals surface area (Å²) in [4.78, 5) is 30.7. The molecule has 30 heavy (non-hydrogen) atoms. The molecule has 0 saturated carbocycles. The first kappa shape index (κ1) is 18.9. The largest absolute Gasteiger partial charge is 0.452 e. The molecule has 9 nitrogen and oxygen atoms in total. The molecule has 4 rings (SSSR count). The number of ether oxygens (including phenoxy) is 1. The number of pyridine rings is 1. The number of rotatable bonds is 6. The van der Waals surface area contributed by atoms with E-state index in [2.05, 4.69) is 15.1 Å². The third kappa shape index (κ3) is 4.36. The van der Waals surface area contributed by atoms with E-state index in [-0.39, 0.29) is 24.0 Å². The molecular formula is C21H14N4O5. The van der Waals surface area contributed by atoms with Crippen LogP contribution in [0.25, 0.3) is 28.4 Å². The van der Waals surface area contributed by atoms with Crippen LogP contribution in [0.1, 0.15) is 11.6 Å². The lowest BCUT2D eigenvalue weighted by Crippen LogP contribution is -2.01. The molecule has 0 unspecified atom stereocenters. The Morgan fingerprint density at radius 2 is 1.87 bits per heavy atom. The highest BCUT2D eigenvalue weighted by Crippen LogP contribution is 2.20. The molecule has 0 atom stereocenters. The highest BCUT2D eigenvalue weighted by Gasteiger charge is 2.12. The van der Waals surface area contributed by atoms with E-state index in [1.54, 1.807) is 12.1 Å². The summed E-state index contributed by atoms with van der Waals surface area (Å²) in [6.45, 7) is -0.200. The lowest BCUT2D eigenvalue weighted by atomic mass is 10.2. The second kappa shape index (κ2) is 8.31. The van der Waals surface area contributed by atoms with E-state index < -0.39 is 10.9 Å². The van der Waals surface area contributed by atoms with Crippen LogP contribution in [0.3, 0.4) is 0 Å². The second-order valence-electron chi connectivity index (χ2n) is 6.19. The van der Waals surface area contributed by atoms with Crippen LogP contribution >= 0.6 is 0 Å². The van der Waals surface area contributed by atoms with Gasteiger partial charge in [0.25, 0.3) is 11.6 Å². The highest BCUT2D eigenvalue weighted by atomic mass is 16.6. The minimum absolute atomic E-state index is 0.0379. The van der Waals surface area contributed by atoms with Gasteiger partial charge in [0.2, 0.25) is 5.82 Å². The van der Waals surface area contributed by atoms with E-state index in [0.717, 1.165) is 10.9 Å². The molecule has 0 aliphatic carbocycles. The molecule has 0 fully saturated rings. The Labute approximate surface area is 169 Å². The van der Waals surface area contributed by atoms with Crippen molar-refractivity contribution >= 4 is 28.6 Å². The predicted molar refractivity (Wildman–Crippen MR) is 107 cm³/mol. The van der Waals surface area contributed by atoms with Gasteiger partial charge in [-0.1, -0.05) is 29.4 Å². The topological polar surface area (TPSA) is 121 Å². The van der Waals surface area contributed by atoms with E-state index in [1.165, 1.54) is 30.3 Å². The molecule has 4 aromatic rings. The number of benzene rings is 2. The monoisotopic (exact) mass is 402 g/mol. The number of para-hydroxylation sites is 1. The molecule has 2 aromatic carbocycles. The summed E-state index contributed by atoms with van der Waals surface area (Å²) in [5.41, 5.74) is 1.97. The number of fused-ring (bicyclic) bond motifs is 1. The van der Waals surface area contributed by atoms with Gasteiger partial charge in [-0.05, 0) is 30.3 Å². The Morgan fingerprint density at radius 3 is 2.67 bits per heavy atom. The maximum atomic E-state index is 11.9. The number of hydrogen-bond acceptors (Lipinski definition) is 8. The maximum absolute atomic E-state index is 11.9. The van der Waals surface area contributed by atoms with Crippen molar-refractivity contribution in [1.82, 2.24) is 15.1 Å². The predicted octanol–water partition coefficient (Wildman–Crippen LogP) is 3.95. The van der Waals surface area contributed by atoms with Crippen LogP contribution in [0.5, 0.6) is 0 Å². The Kier molecular flexibility index (Phi) is 5.25. The van der Waals surface area contributed by atoms with Crippen molar-refractivity contribution in [3.8, 4) is 11.4 Å². The van der Waals surface area contributed by atoms with Gasteiger partial charge in [-0.2, -0.15) is 4.98 Å². The van der Waals surface area contributed by atoms with Crippen molar-refractivity contribution in [3.63, 3.8) is 0 Å². The molecule has 0 aliphatic rings. The molecular weight excluding hydrogens is 388 g/mol. The van der Waals surface area contributed by atoms with Gasteiger partial charge in [-0.15, -0.1) is 0 Å². The molecule has 0 saturated heterocycles. The lowest BCUT2D eigenvalue weighted by Gasteiger charge is -1.99. The minimum Gasteiger partial charge on any atom is -0.452 e. The van der Waals surface area contributed by atoms with Crippen molar-refractivity contribution in [2.24, 2.45) is 0 Å². The van der Waals surface area contributed by atoms with Crippen molar-refractivity contribution in [1.29, 1.82) is 0 Å². The Bertz CT molecular complexity index is 1250. The van der Waals surface area contributed by atoms with Crippen LogP contribution in [-0.4, -0.2) is 26.0 Å². The standard InChI is InChI=1S/C21H14N4O5/c26-20(12-9-16-8-5-14-3-1-2-4-18(14)22-16)29-13-19-23-21(24-30-19)15-6-10-17(11-7-15)25(27)28/h1-12H,13H2. The fourth-order valence-electron chi connectivity index (χ4n) is 2.67. The lowest BCUT2D eigenvalue weighted by molar-refractivity contribution is -0.384. The number of carbonyl (C=O) groups excluding carboxylic acids is 1. The van der Waals surface area contributed by atoms with Gasteiger partial charge in [0.05, 0.1) is 16.1 Å². The van der Waals surface area contributed by atoms with Crippen LogP contribution in [0.15, 0.2) is 71.3 Å². The van der Waals surface area contributed by atoms with Gasteiger partial charge in [0, 0.05) is 29.2 Å². The zero-order chi connectivity index (χ0) is 20.9. The van der Waals surface area contributed by atoms with Crippen LogP contribution in [-0.2, 0) is 16.1 Å². The Hall–Kier alpha value is -4.40. The van der Waals surface area contributed by atoms with Crippen molar-refractivity contribution in [2.75, 3.05) is 0 Å². The molecule has 0 N–H and O–H groups in total. The first-order chi connectivity index (χ1) is 14.6. The SMILES string of the molecule is O=C(C=Cc1ccc2ccccc2n1)OCc1nc(-c2ccc([N+](=O)[O-])cc2)no1. The van der Waals surface area contributed by atoms with Gasteiger partial charge in [0.1, 0.15) is 0 Å². The van der Waals surface area contributed by atoms with E-state index in [9.17, 15) is 14.9 Å². The van der Waals surface area contributed by atoms with Gasteiger partial charge < -0.3 is 9.26 Å². The molecule has 2 aromatic heterocycles. The van der Waals surface area contributed by atoms with Crippen LogP contribution < -0.4 is 0 Å². The van der Waals surface area contributed by atoms with Gasteiger partial charge in [-0.3, -0.25) is 10.1 Å². The van der Waals surface area contributed by atoms with Gasteiger partial charge >= 0.3 is 5.97 Å². The van der Waals surface area contributed by atoms with E-state index in [0.29, 0.717) is 11.3 Å². The van der Waals surface area contributed by atoms with Crippen molar-refractivity contribution in [3.05, 3.63) is 88.4 Å². The summed E-state index contributed by atoms with van der Waals surface area (Å²) in [5, 5.41) is 15.5. The quantitative estimate of drug-likeness (QED) is 0.206. The molecule has 0 amide bonds. The smallest absolute Gasteiger partial charge is 0.331 e. The number of esters is 1. The number of hydrogen-bond donors (Lipinski definition) is 0. The fourth-order valence-corrected chi connectivity index (χ4v) is 2.67. The normalized spacial score (nSPS) is 11.1. The molecule has 148 valence electrons. The third-order valence-electron chi connectivity index (χ3n) is 4.15. The molecule has 0 spiro atoms. The Morgan fingerprint density at radius 1 is 1.07 bits per heavy atom. The maximum Gasteiger partial charge on any atom is 0.331 e. The summed E-state index contributed by atoms with van der Waals surface area (Å²) in [5.74, 6) is -0.235. The first-order valence-electron chi connectivity index (χ1n) is 8.86. The number of non-ortho nitro benzene ring substituents is 1. The molecule has 2 heterocycles. The number of carbonyl (C=O) groups is 1. The Balaban J connectivity index is 1.35. The van der Waals surface area contributed by atoms with Crippen LogP contribution in [0.2, 0.25) is 0 Å². The van der Waals surface area contributed by atoms with E-state index in [1.807, 2.05) is 30.3 Å². The number of nitrogens with zero attached hydrogens (tertiary/aromatic N) is 4. The van der Waals surface area contributed by atoms with E-state index >= 15 is 0 Å². The second-order valence-corrected chi connectivity index (χ2v) is 6.19. The zero-order valence-corrected chi connectivity index (χ0v) is 15.5. The number of aromatic nitrogens is 3.